The SMILES string of the molecule is CCCCCCCCNS(=O)(=O)c1ccc(OC)c(Br)c1. The van der Waals surface area contributed by atoms with Crippen LogP contribution in [0.2, 0.25) is 0 Å². The van der Waals surface area contributed by atoms with Crippen molar-refractivity contribution >= 4 is 26.0 Å². The lowest BCUT2D eigenvalue weighted by Crippen LogP contribution is -2.24. The molecule has 21 heavy (non-hydrogen) atoms. The summed E-state index contributed by atoms with van der Waals surface area (Å²) in [6.45, 7) is 2.67. The first-order valence-electron chi connectivity index (χ1n) is 7.34. The largest absolute Gasteiger partial charge is 0.496 e. The topological polar surface area (TPSA) is 55.4 Å². The summed E-state index contributed by atoms with van der Waals surface area (Å²) in [4.78, 5) is 0.251. The van der Waals surface area contributed by atoms with E-state index in [-0.39, 0.29) is 4.90 Å². The van der Waals surface area contributed by atoms with Gasteiger partial charge in [-0.15, -0.1) is 0 Å². The Hall–Kier alpha value is -0.590. The van der Waals surface area contributed by atoms with Crippen LogP contribution in [0.4, 0.5) is 0 Å². The molecule has 0 fully saturated rings. The summed E-state index contributed by atoms with van der Waals surface area (Å²) in [5.41, 5.74) is 0. The quantitative estimate of drug-likeness (QED) is 0.624. The summed E-state index contributed by atoms with van der Waals surface area (Å²) in [6.07, 6.45) is 6.82. The Balaban J connectivity index is 2.45. The number of methoxy groups -OCH3 is 1. The lowest BCUT2D eigenvalue weighted by Gasteiger charge is -2.09. The number of unbranched alkanes of at least 4 members (excludes halogenated alkanes) is 5. The van der Waals surface area contributed by atoms with E-state index in [9.17, 15) is 8.42 Å². The third kappa shape index (κ3) is 6.36. The van der Waals surface area contributed by atoms with Crippen LogP contribution in [-0.4, -0.2) is 22.1 Å². The summed E-state index contributed by atoms with van der Waals surface area (Å²) in [5, 5.41) is 0. The van der Waals surface area contributed by atoms with Gasteiger partial charge in [0.2, 0.25) is 10.0 Å². The Morgan fingerprint density at radius 1 is 1.14 bits per heavy atom. The molecule has 0 spiro atoms. The molecule has 0 aromatic heterocycles. The van der Waals surface area contributed by atoms with E-state index in [0.717, 1.165) is 12.8 Å². The van der Waals surface area contributed by atoms with E-state index < -0.39 is 10.0 Å². The second kappa shape index (κ2) is 9.43. The standard InChI is InChI=1S/C15H24BrNO3S/c1-3-4-5-6-7-8-11-17-21(18,19)13-9-10-15(20-2)14(16)12-13/h9-10,12,17H,3-8,11H2,1-2H3. The van der Waals surface area contributed by atoms with Crippen LogP contribution in [0.1, 0.15) is 45.4 Å². The van der Waals surface area contributed by atoms with Crippen molar-refractivity contribution in [3.05, 3.63) is 22.7 Å². The van der Waals surface area contributed by atoms with Crippen molar-refractivity contribution in [2.45, 2.75) is 50.3 Å². The molecular weight excluding hydrogens is 354 g/mol. The minimum Gasteiger partial charge on any atom is -0.496 e. The molecule has 0 atom stereocenters. The highest BCUT2D eigenvalue weighted by atomic mass is 79.9. The minimum atomic E-state index is -3.44. The molecule has 0 aliphatic carbocycles. The average Bonchev–Trinajstić information content (AvgIpc) is 2.46. The predicted molar refractivity (Wildman–Crippen MR) is 89.3 cm³/mol. The number of nitrogens with one attached hydrogen (secondary N) is 1. The zero-order chi connectivity index (χ0) is 15.7. The maximum atomic E-state index is 12.1. The molecule has 0 unspecified atom stereocenters. The van der Waals surface area contributed by atoms with E-state index in [1.54, 1.807) is 25.3 Å². The van der Waals surface area contributed by atoms with Crippen LogP contribution in [0, 0.1) is 0 Å². The number of benzene rings is 1. The van der Waals surface area contributed by atoms with E-state index >= 15 is 0 Å². The molecule has 0 aliphatic rings. The summed E-state index contributed by atoms with van der Waals surface area (Å²) in [7, 11) is -1.89. The van der Waals surface area contributed by atoms with Gasteiger partial charge in [-0.3, -0.25) is 0 Å². The zero-order valence-electron chi connectivity index (χ0n) is 12.7. The van der Waals surface area contributed by atoms with Crippen molar-refractivity contribution in [3.8, 4) is 5.75 Å². The molecule has 1 aromatic carbocycles. The third-order valence-corrected chi connectivity index (χ3v) is 5.33. The van der Waals surface area contributed by atoms with Crippen molar-refractivity contribution < 1.29 is 13.2 Å². The second-order valence-electron chi connectivity index (χ2n) is 4.96. The van der Waals surface area contributed by atoms with E-state index in [0.29, 0.717) is 16.8 Å². The van der Waals surface area contributed by atoms with Crippen LogP contribution in [0.3, 0.4) is 0 Å². The maximum absolute atomic E-state index is 12.1. The molecule has 0 amide bonds. The molecule has 1 rings (SSSR count). The van der Waals surface area contributed by atoms with Crippen LogP contribution in [0.5, 0.6) is 5.75 Å². The number of hydrogen-bond acceptors (Lipinski definition) is 3. The Morgan fingerprint density at radius 2 is 1.81 bits per heavy atom. The first-order valence-corrected chi connectivity index (χ1v) is 9.62. The van der Waals surface area contributed by atoms with Crippen LogP contribution < -0.4 is 9.46 Å². The zero-order valence-corrected chi connectivity index (χ0v) is 15.1. The van der Waals surface area contributed by atoms with Gasteiger partial charge in [-0.05, 0) is 40.5 Å². The molecule has 0 saturated carbocycles. The first kappa shape index (κ1) is 18.5. The van der Waals surface area contributed by atoms with Gasteiger partial charge < -0.3 is 4.74 Å². The fraction of sp³-hybridized carbons (Fsp3) is 0.600. The Bertz CT molecular complexity index is 532. The summed E-state index contributed by atoms with van der Waals surface area (Å²) in [5.74, 6) is 0.616. The molecule has 6 heteroatoms. The third-order valence-electron chi connectivity index (χ3n) is 3.26. The number of halogens is 1. The first-order chi connectivity index (χ1) is 10.0. The maximum Gasteiger partial charge on any atom is 0.240 e. The second-order valence-corrected chi connectivity index (χ2v) is 7.58. The van der Waals surface area contributed by atoms with Gasteiger partial charge in [0.25, 0.3) is 0 Å². The van der Waals surface area contributed by atoms with E-state index in [4.69, 9.17) is 4.74 Å². The van der Waals surface area contributed by atoms with Gasteiger partial charge in [-0.2, -0.15) is 0 Å². The van der Waals surface area contributed by atoms with E-state index in [1.807, 2.05) is 0 Å². The van der Waals surface area contributed by atoms with Gasteiger partial charge >= 0.3 is 0 Å². The van der Waals surface area contributed by atoms with Crippen molar-refractivity contribution in [1.82, 2.24) is 4.72 Å². The summed E-state index contributed by atoms with van der Waals surface area (Å²) >= 11 is 3.30. The molecular formula is C15H24BrNO3S. The van der Waals surface area contributed by atoms with Crippen LogP contribution >= 0.6 is 15.9 Å². The molecule has 1 aromatic rings. The average molecular weight is 378 g/mol. The summed E-state index contributed by atoms with van der Waals surface area (Å²) < 4.78 is 32.7. The molecule has 4 nitrogen and oxygen atoms in total. The summed E-state index contributed by atoms with van der Waals surface area (Å²) in [6, 6.07) is 4.75. The van der Waals surface area contributed by atoms with Crippen molar-refractivity contribution in [2.24, 2.45) is 0 Å². The van der Waals surface area contributed by atoms with E-state index in [1.165, 1.54) is 25.7 Å². The van der Waals surface area contributed by atoms with Crippen LogP contribution in [0.15, 0.2) is 27.6 Å². The van der Waals surface area contributed by atoms with Gasteiger partial charge in [-0.1, -0.05) is 39.0 Å². The Morgan fingerprint density at radius 3 is 2.43 bits per heavy atom. The monoisotopic (exact) mass is 377 g/mol. The fourth-order valence-electron chi connectivity index (χ4n) is 2.01. The lowest BCUT2D eigenvalue weighted by atomic mass is 10.1. The fourth-order valence-corrected chi connectivity index (χ4v) is 3.80. The molecule has 0 saturated heterocycles. The molecule has 0 heterocycles. The minimum absolute atomic E-state index is 0.251. The smallest absolute Gasteiger partial charge is 0.240 e. The molecule has 0 radical (unpaired) electrons. The van der Waals surface area contributed by atoms with Gasteiger partial charge in [0.1, 0.15) is 5.75 Å². The molecule has 120 valence electrons. The number of hydrogen-bond donors (Lipinski definition) is 1. The molecule has 0 bridgehead atoms. The van der Waals surface area contributed by atoms with Gasteiger partial charge in [0, 0.05) is 6.54 Å². The van der Waals surface area contributed by atoms with Crippen molar-refractivity contribution in [3.63, 3.8) is 0 Å². The Labute approximate surface area is 136 Å². The Kier molecular flexibility index (Phi) is 8.29. The normalized spacial score (nSPS) is 11.6. The highest BCUT2D eigenvalue weighted by Gasteiger charge is 2.15. The van der Waals surface area contributed by atoms with Gasteiger partial charge in [0.15, 0.2) is 0 Å². The highest BCUT2D eigenvalue weighted by molar-refractivity contribution is 9.10. The number of rotatable bonds is 10. The van der Waals surface area contributed by atoms with Crippen molar-refractivity contribution in [1.29, 1.82) is 0 Å². The van der Waals surface area contributed by atoms with Crippen LogP contribution in [0.25, 0.3) is 0 Å². The molecule has 0 aliphatic heterocycles. The van der Waals surface area contributed by atoms with Crippen molar-refractivity contribution in [2.75, 3.05) is 13.7 Å². The van der Waals surface area contributed by atoms with Crippen LogP contribution in [-0.2, 0) is 10.0 Å². The van der Waals surface area contributed by atoms with E-state index in [2.05, 4.69) is 27.6 Å². The lowest BCUT2D eigenvalue weighted by molar-refractivity contribution is 0.411. The molecule has 1 N–H and O–H groups in total. The number of sulfonamides is 1. The van der Waals surface area contributed by atoms with Gasteiger partial charge in [-0.25, -0.2) is 13.1 Å². The predicted octanol–water partition coefficient (Wildman–Crippen LogP) is 4.10. The van der Waals surface area contributed by atoms with Gasteiger partial charge in [0.05, 0.1) is 16.5 Å². The highest BCUT2D eigenvalue weighted by Crippen LogP contribution is 2.27. The number of ether oxygens (including phenoxy) is 1.